The molecule has 0 aliphatic rings. The molecule has 0 aliphatic heterocycles. The van der Waals surface area contributed by atoms with Crippen LogP contribution in [0.4, 0.5) is 0 Å². The van der Waals surface area contributed by atoms with Gasteiger partial charge in [0.05, 0.1) is 26.2 Å². The van der Waals surface area contributed by atoms with Crippen LogP contribution in [-0.4, -0.2) is 36.6 Å². The number of hydrogen-bond acceptors (Lipinski definition) is 1. The van der Waals surface area contributed by atoms with Crippen molar-refractivity contribution in [3.05, 3.63) is 48.6 Å². The summed E-state index contributed by atoms with van der Waals surface area (Å²) in [5.74, 6) is -0.0926. The Hall–Kier alpha value is -1.61. The first-order valence-electron chi connectivity index (χ1n) is 6.95. The molecule has 0 saturated heterocycles. The summed E-state index contributed by atoms with van der Waals surface area (Å²) in [7, 11) is 0. The minimum absolute atomic E-state index is 0.0926. The lowest BCUT2D eigenvalue weighted by atomic mass is 10.1. The Kier molecular flexibility index (Phi) is 6.30. The van der Waals surface area contributed by atoms with Crippen molar-refractivity contribution in [3.8, 4) is 0 Å². The van der Waals surface area contributed by atoms with Crippen LogP contribution in [0.5, 0.6) is 0 Å². The number of quaternary nitrogens is 1. The van der Waals surface area contributed by atoms with Gasteiger partial charge in [0, 0.05) is 5.56 Å². The van der Waals surface area contributed by atoms with Gasteiger partial charge in [-0.25, -0.2) is 0 Å². The zero-order valence-electron chi connectivity index (χ0n) is 12.1. The Bertz CT molecular complexity index is 396. The number of carbonyl (C=O) groups excluding carboxylic acids is 1. The van der Waals surface area contributed by atoms with Gasteiger partial charge in [-0.05, 0) is 19.9 Å². The molecule has 0 radical (unpaired) electrons. The molecule has 1 rings (SSSR count). The average molecular weight is 261 g/mol. The van der Waals surface area contributed by atoms with E-state index in [0.29, 0.717) is 6.54 Å². The molecule has 0 unspecified atom stereocenters. The van der Waals surface area contributed by atoms with Crippen molar-refractivity contribution in [2.45, 2.75) is 20.4 Å². The largest absolute Gasteiger partial charge is 0.347 e. The van der Waals surface area contributed by atoms with Gasteiger partial charge in [0.25, 0.3) is 0 Å². The van der Waals surface area contributed by atoms with Gasteiger partial charge >= 0.3 is 0 Å². The number of carbonyl (C=O) groups is 1. The predicted molar refractivity (Wildman–Crippen MR) is 79.6 cm³/mol. The fourth-order valence-corrected chi connectivity index (χ4v) is 2.30. The molecule has 0 spiro atoms. The number of rotatable bonds is 8. The molecular weight excluding hydrogens is 236 g/mol. The topological polar surface area (TPSA) is 29.1 Å². The summed E-state index contributed by atoms with van der Waals surface area (Å²) in [5, 5.41) is 2.87. The van der Waals surface area contributed by atoms with E-state index >= 15 is 0 Å². The molecule has 0 fully saturated rings. The Balaban J connectivity index is 2.63. The quantitative estimate of drug-likeness (QED) is 0.565. The summed E-state index contributed by atoms with van der Waals surface area (Å²) in [4.78, 5) is 11.2. The first-order chi connectivity index (χ1) is 9.15. The molecule has 1 aromatic rings. The summed E-state index contributed by atoms with van der Waals surface area (Å²) in [5.41, 5.74) is 1.35. The lowest BCUT2D eigenvalue weighted by Crippen LogP contribution is -2.50. The van der Waals surface area contributed by atoms with Crippen LogP contribution >= 0.6 is 0 Å². The maximum absolute atomic E-state index is 11.2. The third-order valence-electron chi connectivity index (χ3n) is 3.77. The van der Waals surface area contributed by atoms with Crippen molar-refractivity contribution in [2.24, 2.45) is 0 Å². The highest BCUT2D eigenvalue weighted by atomic mass is 16.1. The molecule has 19 heavy (non-hydrogen) atoms. The van der Waals surface area contributed by atoms with Crippen LogP contribution in [0.15, 0.2) is 43.0 Å². The summed E-state index contributed by atoms with van der Waals surface area (Å²) >= 11 is 0. The van der Waals surface area contributed by atoms with Crippen molar-refractivity contribution in [1.82, 2.24) is 5.32 Å². The van der Waals surface area contributed by atoms with E-state index < -0.39 is 0 Å². The van der Waals surface area contributed by atoms with Crippen molar-refractivity contribution in [1.29, 1.82) is 0 Å². The second kappa shape index (κ2) is 7.74. The number of likely N-dealkylation sites (N-methyl/N-ethyl adjacent to an activating group) is 1. The molecule has 0 aromatic heterocycles. The average Bonchev–Trinajstić information content (AvgIpc) is 2.47. The van der Waals surface area contributed by atoms with E-state index in [4.69, 9.17) is 0 Å². The Morgan fingerprint density at radius 1 is 1.26 bits per heavy atom. The highest BCUT2D eigenvalue weighted by Gasteiger charge is 2.23. The SMILES string of the molecule is C=CC(=O)NCC[N+](CC)(CC)Cc1ccccc1. The van der Waals surface area contributed by atoms with E-state index in [0.717, 1.165) is 30.7 Å². The Labute approximate surface area is 116 Å². The Morgan fingerprint density at radius 3 is 2.42 bits per heavy atom. The lowest BCUT2D eigenvalue weighted by molar-refractivity contribution is -0.936. The molecule has 1 amide bonds. The van der Waals surface area contributed by atoms with Gasteiger partial charge in [0.1, 0.15) is 6.54 Å². The van der Waals surface area contributed by atoms with E-state index in [1.165, 1.54) is 11.6 Å². The van der Waals surface area contributed by atoms with E-state index in [1.807, 2.05) is 6.07 Å². The number of benzene rings is 1. The summed E-state index contributed by atoms with van der Waals surface area (Å²) in [6.07, 6.45) is 1.32. The third kappa shape index (κ3) is 4.87. The summed E-state index contributed by atoms with van der Waals surface area (Å²) < 4.78 is 0.988. The first-order valence-corrected chi connectivity index (χ1v) is 6.95. The second-order valence-corrected chi connectivity index (χ2v) is 4.84. The molecule has 3 heteroatoms. The van der Waals surface area contributed by atoms with Crippen LogP contribution in [0.1, 0.15) is 19.4 Å². The highest BCUT2D eigenvalue weighted by molar-refractivity contribution is 5.86. The van der Waals surface area contributed by atoms with Crippen LogP contribution in [-0.2, 0) is 11.3 Å². The summed E-state index contributed by atoms with van der Waals surface area (Å²) in [6.45, 7) is 12.7. The zero-order valence-corrected chi connectivity index (χ0v) is 12.1. The molecule has 0 atom stereocenters. The number of nitrogens with zero attached hydrogens (tertiary/aromatic N) is 1. The lowest BCUT2D eigenvalue weighted by Gasteiger charge is -2.37. The minimum atomic E-state index is -0.0926. The molecule has 1 N–H and O–H groups in total. The third-order valence-corrected chi connectivity index (χ3v) is 3.77. The van der Waals surface area contributed by atoms with Crippen LogP contribution in [0.3, 0.4) is 0 Å². The predicted octanol–water partition coefficient (Wildman–Crippen LogP) is 2.35. The fraction of sp³-hybridized carbons (Fsp3) is 0.438. The van der Waals surface area contributed by atoms with Crippen LogP contribution in [0, 0.1) is 0 Å². The zero-order chi connectivity index (χ0) is 14.1. The van der Waals surface area contributed by atoms with Crippen molar-refractivity contribution in [2.75, 3.05) is 26.2 Å². The van der Waals surface area contributed by atoms with E-state index in [9.17, 15) is 4.79 Å². The monoisotopic (exact) mass is 261 g/mol. The van der Waals surface area contributed by atoms with Gasteiger partial charge in [-0.3, -0.25) is 4.79 Å². The fourth-order valence-electron chi connectivity index (χ4n) is 2.30. The van der Waals surface area contributed by atoms with Crippen LogP contribution in [0.2, 0.25) is 0 Å². The smallest absolute Gasteiger partial charge is 0.243 e. The van der Waals surface area contributed by atoms with Crippen molar-refractivity contribution < 1.29 is 9.28 Å². The van der Waals surface area contributed by atoms with Gasteiger partial charge in [-0.1, -0.05) is 36.9 Å². The molecule has 104 valence electrons. The number of nitrogens with one attached hydrogen (secondary N) is 1. The maximum Gasteiger partial charge on any atom is 0.243 e. The molecule has 3 nitrogen and oxygen atoms in total. The van der Waals surface area contributed by atoms with E-state index in [-0.39, 0.29) is 5.91 Å². The number of amides is 1. The van der Waals surface area contributed by atoms with E-state index in [2.05, 4.69) is 50.0 Å². The molecule has 0 aliphatic carbocycles. The van der Waals surface area contributed by atoms with Gasteiger partial charge < -0.3 is 9.80 Å². The standard InChI is InChI=1S/C16H24N2O/c1-4-16(19)17-12-13-18(5-2,6-3)14-15-10-8-7-9-11-15/h4,7-11H,1,5-6,12-14H2,2-3H3/p+1. The summed E-state index contributed by atoms with van der Waals surface area (Å²) in [6, 6.07) is 10.5. The molecule has 0 heterocycles. The molecule has 0 saturated carbocycles. The maximum atomic E-state index is 11.2. The second-order valence-electron chi connectivity index (χ2n) is 4.84. The van der Waals surface area contributed by atoms with Gasteiger partial charge in [-0.2, -0.15) is 0 Å². The molecule has 1 aromatic carbocycles. The van der Waals surface area contributed by atoms with Crippen molar-refractivity contribution >= 4 is 5.91 Å². The van der Waals surface area contributed by atoms with Gasteiger partial charge in [0.2, 0.25) is 5.91 Å². The molecule has 0 bridgehead atoms. The van der Waals surface area contributed by atoms with Crippen LogP contribution in [0.25, 0.3) is 0 Å². The Morgan fingerprint density at radius 2 is 1.89 bits per heavy atom. The molecular formula is C16H25N2O+. The van der Waals surface area contributed by atoms with Gasteiger partial charge in [-0.15, -0.1) is 0 Å². The number of hydrogen-bond donors (Lipinski definition) is 1. The highest BCUT2D eigenvalue weighted by Crippen LogP contribution is 2.13. The minimum Gasteiger partial charge on any atom is -0.347 e. The van der Waals surface area contributed by atoms with Gasteiger partial charge in [0.15, 0.2) is 0 Å². The normalized spacial score (nSPS) is 11.1. The van der Waals surface area contributed by atoms with E-state index in [1.54, 1.807) is 0 Å². The van der Waals surface area contributed by atoms with Crippen LogP contribution < -0.4 is 5.32 Å². The first kappa shape index (κ1) is 15.4. The van der Waals surface area contributed by atoms with Crippen molar-refractivity contribution in [3.63, 3.8) is 0 Å².